The number of hydrogen-bond acceptors (Lipinski definition) is 4. The first-order chi connectivity index (χ1) is 9.10. The van der Waals surface area contributed by atoms with E-state index in [1.165, 1.54) is 0 Å². The number of benzene rings is 1. The molecule has 2 rings (SSSR count). The molecule has 5 heteroatoms. The van der Waals surface area contributed by atoms with E-state index in [2.05, 4.69) is 12.6 Å². The van der Waals surface area contributed by atoms with Crippen molar-refractivity contribution < 1.29 is 14.6 Å². The number of rotatable bonds is 3. The van der Waals surface area contributed by atoms with E-state index in [1.807, 2.05) is 31.2 Å². The van der Waals surface area contributed by atoms with Gasteiger partial charge in [0.25, 0.3) is 0 Å². The minimum Gasteiger partial charge on any atom is -0.394 e. The van der Waals surface area contributed by atoms with Crippen molar-refractivity contribution >= 4 is 18.5 Å². The SMILES string of the molecule is CC1COC(CO)CN1C(=O)Cc1ccc(S)cc1. The van der Waals surface area contributed by atoms with Gasteiger partial charge in [-0.1, -0.05) is 12.1 Å². The highest BCUT2D eigenvalue weighted by Gasteiger charge is 2.28. The largest absolute Gasteiger partial charge is 0.394 e. The van der Waals surface area contributed by atoms with Gasteiger partial charge in [0.2, 0.25) is 5.91 Å². The minimum absolute atomic E-state index is 0.0507. The number of amides is 1. The number of nitrogens with zero attached hydrogens (tertiary/aromatic N) is 1. The van der Waals surface area contributed by atoms with E-state index >= 15 is 0 Å². The van der Waals surface area contributed by atoms with Gasteiger partial charge in [0.1, 0.15) is 0 Å². The van der Waals surface area contributed by atoms with Crippen LogP contribution in [-0.4, -0.2) is 47.8 Å². The van der Waals surface area contributed by atoms with E-state index in [9.17, 15) is 4.79 Å². The number of carbonyl (C=O) groups excluding carboxylic acids is 1. The molecule has 1 heterocycles. The molecule has 1 fully saturated rings. The van der Waals surface area contributed by atoms with Crippen molar-refractivity contribution in [3.63, 3.8) is 0 Å². The van der Waals surface area contributed by atoms with Gasteiger partial charge in [-0.15, -0.1) is 12.6 Å². The molecule has 0 aliphatic carbocycles. The van der Waals surface area contributed by atoms with Crippen LogP contribution in [0.5, 0.6) is 0 Å². The van der Waals surface area contributed by atoms with Gasteiger partial charge >= 0.3 is 0 Å². The Hall–Kier alpha value is -1.04. The van der Waals surface area contributed by atoms with Gasteiger partial charge in [-0.2, -0.15) is 0 Å². The van der Waals surface area contributed by atoms with Gasteiger partial charge in [-0.05, 0) is 24.6 Å². The van der Waals surface area contributed by atoms with Crippen molar-refractivity contribution in [2.24, 2.45) is 0 Å². The number of thiol groups is 1. The summed E-state index contributed by atoms with van der Waals surface area (Å²) in [4.78, 5) is 15.0. The average molecular weight is 281 g/mol. The van der Waals surface area contributed by atoms with Crippen LogP contribution >= 0.6 is 12.6 Å². The third-order valence-corrected chi connectivity index (χ3v) is 3.62. The fraction of sp³-hybridized carbons (Fsp3) is 0.500. The average Bonchev–Trinajstić information content (AvgIpc) is 2.42. The van der Waals surface area contributed by atoms with E-state index in [0.717, 1.165) is 10.5 Å². The van der Waals surface area contributed by atoms with E-state index in [-0.39, 0.29) is 24.7 Å². The maximum Gasteiger partial charge on any atom is 0.227 e. The fourth-order valence-corrected chi connectivity index (χ4v) is 2.31. The highest BCUT2D eigenvalue weighted by Crippen LogP contribution is 2.15. The summed E-state index contributed by atoms with van der Waals surface area (Å²) in [6, 6.07) is 7.64. The Morgan fingerprint density at radius 1 is 1.47 bits per heavy atom. The highest BCUT2D eigenvalue weighted by atomic mass is 32.1. The van der Waals surface area contributed by atoms with Crippen LogP contribution in [0.3, 0.4) is 0 Å². The molecule has 1 aromatic carbocycles. The molecule has 2 unspecified atom stereocenters. The van der Waals surface area contributed by atoms with Crippen molar-refractivity contribution in [1.82, 2.24) is 4.90 Å². The summed E-state index contributed by atoms with van der Waals surface area (Å²) < 4.78 is 5.43. The van der Waals surface area contributed by atoms with E-state index < -0.39 is 0 Å². The molecule has 0 radical (unpaired) electrons. The standard InChI is InChI=1S/C14H19NO3S/c1-10-9-18-12(8-16)7-15(10)14(17)6-11-2-4-13(19)5-3-11/h2-5,10,12,16,19H,6-9H2,1H3. The van der Waals surface area contributed by atoms with Crippen molar-refractivity contribution in [2.75, 3.05) is 19.8 Å². The van der Waals surface area contributed by atoms with Gasteiger partial charge in [-0.25, -0.2) is 0 Å². The van der Waals surface area contributed by atoms with Crippen LogP contribution in [0.2, 0.25) is 0 Å². The molecule has 0 aromatic heterocycles. The normalized spacial score (nSPS) is 23.4. The lowest BCUT2D eigenvalue weighted by atomic mass is 10.1. The summed E-state index contributed by atoms with van der Waals surface area (Å²) in [5.74, 6) is 0.0705. The Kier molecular flexibility index (Phi) is 4.85. The minimum atomic E-state index is -0.264. The maximum absolute atomic E-state index is 12.3. The summed E-state index contributed by atoms with van der Waals surface area (Å²) in [5.41, 5.74) is 0.974. The summed E-state index contributed by atoms with van der Waals surface area (Å²) in [5, 5.41) is 9.13. The van der Waals surface area contributed by atoms with Crippen LogP contribution in [0.25, 0.3) is 0 Å². The molecule has 1 aliphatic heterocycles. The lowest BCUT2D eigenvalue weighted by molar-refractivity contribution is -0.145. The second-order valence-corrected chi connectivity index (χ2v) is 5.39. The number of aliphatic hydroxyl groups excluding tert-OH is 1. The Bertz CT molecular complexity index is 435. The van der Waals surface area contributed by atoms with Crippen molar-refractivity contribution in [1.29, 1.82) is 0 Å². The van der Waals surface area contributed by atoms with Crippen LogP contribution in [-0.2, 0) is 16.0 Å². The first-order valence-electron chi connectivity index (χ1n) is 6.40. The molecular weight excluding hydrogens is 262 g/mol. The Morgan fingerprint density at radius 3 is 2.79 bits per heavy atom. The lowest BCUT2D eigenvalue weighted by Gasteiger charge is -2.37. The molecule has 1 N–H and O–H groups in total. The van der Waals surface area contributed by atoms with Crippen LogP contribution < -0.4 is 0 Å². The van der Waals surface area contributed by atoms with Crippen LogP contribution in [0.4, 0.5) is 0 Å². The third-order valence-electron chi connectivity index (χ3n) is 3.32. The number of hydrogen-bond donors (Lipinski definition) is 2. The molecular formula is C14H19NO3S. The van der Waals surface area contributed by atoms with E-state index in [4.69, 9.17) is 9.84 Å². The van der Waals surface area contributed by atoms with Crippen molar-refractivity contribution in [2.45, 2.75) is 30.4 Å². The molecule has 1 aliphatic rings. The zero-order chi connectivity index (χ0) is 13.8. The fourth-order valence-electron chi connectivity index (χ4n) is 2.17. The second-order valence-electron chi connectivity index (χ2n) is 4.88. The smallest absolute Gasteiger partial charge is 0.227 e. The predicted octanol–water partition coefficient (Wildman–Crippen LogP) is 1.13. The zero-order valence-corrected chi connectivity index (χ0v) is 11.8. The molecule has 104 valence electrons. The summed E-state index contributed by atoms with van der Waals surface area (Å²) >= 11 is 4.22. The van der Waals surface area contributed by atoms with Crippen molar-refractivity contribution in [3.8, 4) is 0 Å². The third kappa shape index (κ3) is 3.72. The van der Waals surface area contributed by atoms with Crippen LogP contribution in [0.1, 0.15) is 12.5 Å². The first kappa shape index (κ1) is 14.4. The highest BCUT2D eigenvalue weighted by molar-refractivity contribution is 7.80. The molecule has 19 heavy (non-hydrogen) atoms. The first-order valence-corrected chi connectivity index (χ1v) is 6.84. The van der Waals surface area contributed by atoms with Crippen LogP contribution in [0.15, 0.2) is 29.2 Å². The zero-order valence-electron chi connectivity index (χ0n) is 11.0. The number of ether oxygens (including phenoxy) is 1. The summed E-state index contributed by atoms with van der Waals surface area (Å²) in [6.45, 7) is 2.85. The number of morpholine rings is 1. The van der Waals surface area contributed by atoms with Gasteiger partial charge < -0.3 is 14.7 Å². The van der Waals surface area contributed by atoms with Gasteiger partial charge in [0.15, 0.2) is 0 Å². The molecule has 0 bridgehead atoms. The number of carbonyl (C=O) groups is 1. The molecule has 1 saturated heterocycles. The van der Waals surface area contributed by atoms with E-state index in [1.54, 1.807) is 4.90 Å². The molecule has 2 atom stereocenters. The lowest BCUT2D eigenvalue weighted by Crippen LogP contribution is -2.52. The molecule has 1 amide bonds. The van der Waals surface area contributed by atoms with E-state index in [0.29, 0.717) is 19.6 Å². The Labute approximate surface area is 118 Å². The molecule has 1 aromatic rings. The molecule has 0 spiro atoms. The summed E-state index contributed by atoms with van der Waals surface area (Å²) in [7, 11) is 0. The second kappa shape index (κ2) is 6.41. The Morgan fingerprint density at radius 2 is 2.16 bits per heavy atom. The monoisotopic (exact) mass is 281 g/mol. The van der Waals surface area contributed by atoms with Gasteiger partial charge in [0.05, 0.1) is 31.8 Å². The van der Waals surface area contributed by atoms with Gasteiger partial charge in [-0.3, -0.25) is 4.79 Å². The van der Waals surface area contributed by atoms with Crippen LogP contribution in [0, 0.1) is 0 Å². The predicted molar refractivity (Wildman–Crippen MR) is 75.4 cm³/mol. The summed E-state index contributed by atoms with van der Waals surface area (Å²) in [6.07, 6.45) is 0.108. The maximum atomic E-state index is 12.3. The van der Waals surface area contributed by atoms with Gasteiger partial charge in [0, 0.05) is 11.4 Å². The molecule has 0 saturated carbocycles. The number of aliphatic hydroxyl groups is 1. The topological polar surface area (TPSA) is 49.8 Å². The van der Waals surface area contributed by atoms with Crippen molar-refractivity contribution in [3.05, 3.63) is 29.8 Å². The Balaban J connectivity index is 2.00. The quantitative estimate of drug-likeness (QED) is 0.817. The molecule has 4 nitrogen and oxygen atoms in total.